The van der Waals surface area contributed by atoms with Gasteiger partial charge in [-0.2, -0.15) is 0 Å². The van der Waals surface area contributed by atoms with Crippen LogP contribution in [0.5, 0.6) is 0 Å². The van der Waals surface area contributed by atoms with Crippen LogP contribution in [0.15, 0.2) is 24.3 Å². The fourth-order valence-corrected chi connectivity index (χ4v) is 3.29. The number of halogens is 1. The number of piperazine rings is 1. The van der Waals surface area contributed by atoms with Crippen molar-refractivity contribution >= 4 is 11.8 Å². The molecular weight excluding hydrogens is 325 g/mol. The number of amides is 2. The van der Waals surface area contributed by atoms with Gasteiger partial charge in [-0.05, 0) is 31.2 Å². The van der Waals surface area contributed by atoms with Crippen LogP contribution in [-0.2, 0) is 9.53 Å². The fraction of sp³-hybridized carbons (Fsp3) is 0.556. The molecule has 0 radical (unpaired) electrons. The molecule has 2 fully saturated rings. The lowest BCUT2D eigenvalue weighted by Gasteiger charge is -2.39. The van der Waals surface area contributed by atoms with Crippen LogP contribution in [0.25, 0.3) is 0 Å². The van der Waals surface area contributed by atoms with Crippen LogP contribution < -0.4 is 0 Å². The van der Waals surface area contributed by atoms with Crippen LogP contribution in [0.1, 0.15) is 17.3 Å². The fourth-order valence-electron chi connectivity index (χ4n) is 3.29. The largest absolute Gasteiger partial charge is 0.378 e. The molecule has 3 rings (SSSR count). The van der Waals surface area contributed by atoms with Crippen LogP contribution in [0.3, 0.4) is 0 Å². The van der Waals surface area contributed by atoms with E-state index in [1.54, 1.807) is 4.90 Å². The SMILES string of the molecule is CC(C(=O)N1CCOCC1)N1CCN(C(=O)c2ccc(F)cc2)CC1. The number of carbonyl (C=O) groups is 2. The Hall–Kier alpha value is -1.99. The lowest BCUT2D eigenvalue weighted by molar-refractivity contribution is -0.141. The van der Waals surface area contributed by atoms with Gasteiger partial charge >= 0.3 is 0 Å². The van der Waals surface area contributed by atoms with E-state index in [-0.39, 0.29) is 23.7 Å². The Morgan fingerprint density at radius 3 is 2.16 bits per heavy atom. The smallest absolute Gasteiger partial charge is 0.253 e. The summed E-state index contributed by atoms with van der Waals surface area (Å²) in [7, 11) is 0. The molecule has 2 amide bonds. The zero-order chi connectivity index (χ0) is 17.8. The summed E-state index contributed by atoms with van der Waals surface area (Å²) in [6.45, 7) is 6.85. The Kier molecular flexibility index (Phi) is 5.65. The molecule has 6 nitrogen and oxygen atoms in total. The molecule has 25 heavy (non-hydrogen) atoms. The average molecular weight is 349 g/mol. The molecule has 1 aromatic carbocycles. The molecule has 0 aliphatic carbocycles. The maximum Gasteiger partial charge on any atom is 0.253 e. The van der Waals surface area contributed by atoms with Gasteiger partial charge in [0.05, 0.1) is 19.3 Å². The van der Waals surface area contributed by atoms with E-state index in [4.69, 9.17) is 4.74 Å². The summed E-state index contributed by atoms with van der Waals surface area (Å²) in [5, 5.41) is 0. The van der Waals surface area contributed by atoms with Gasteiger partial charge in [-0.1, -0.05) is 0 Å². The highest BCUT2D eigenvalue weighted by molar-refractivity contribution is 5.94. The molecule has 7 heteroatoms. The number of nitrogens with zero attached hydrogens (tertiary/aromatic N) is 3. The van der Waals surface area contributed by atoms with E-state index in [1.165, 1.54) is 24.3 Å². The topological polar surface area (TPSA) is 53.1 Å². The number of hydrogen-bond acceptors (Lipinski definition) is 4. The van der Waals surface area contributed by atoms with Crippen molar-refractivity contribution in [2.75, 3.05) is 52.5 Å². The first-order chi connectivity index (χ1) is 12.1. The quantitative estimate of drug-likeness (QED) is 0.811. The van der Waals surface area contributed by atoms with Crippen molar-refractivity contribution in [3.05, 3.63) is 35.6 Å². The second-order valence-corrected chi connectivity index (χ2v) is 6.45. The third kappa shape index (κ3) is 4.16. The standard InChI is InChI=1S/C18H24FN3O3/c1-14(17(23)22-10-12-25-13-11-22)20-6-8-21(9-7-20)18(24)15-2-4-16(19)5-3-15/h2-5,14H,6-13H2,1H3. The summed E-state index contributed by atoms with van der Waals surface area (Å²) in [6, 6.07) is 5.42. The van der Waals surface area contributed by atoms with E-state index < -0.39 is 0 Å². The van der Waals surface area contributed by atoms with E-state index in [9.17, 15) is 14.0 Å². The van der Waals surface area contributed by atoms with Gasteiger partial charge in [0.1, 0.15) is 5.82 Å². The minimum absolute atomic E-state index is 0.0909. The van der Waals surface area contributed by atoms with Crippen LogP contribution >= 0.6 is 0 Å². The third-order valence-corrected chi connectivity index (χ3v) is 4.92. The molecule has 0 saturated carbocycles. The Morgan fingerprint density at radius 2 is 1.56 bits per heavy atom. The normalized spacial score (nSPS) is 20.4. The van der Waals surface area contributed by atoms with Crippen LogP contribution in [0, 0.1) is 5.82 Å². The van der Waals surface area contributed by atoms with Gasteiger partial charge in [-0.3, -0.25) is 14.5 Å². The van der Waals surface area contributed by atoms with Gasteiger partial charge in [0, 0.05) is 44.8 Å². The predicted molar refractivity (Wildman–Crippen MR) is 90.7 cm³/mol. The summed E-state index contributed by atoms with van der Waals surface area (Å²) < 4.78 is 18.3. The maximum absolute atomic E-state index is 13.0. The van der Waals surface area contributed by atoms with Crippen molar-refractivity contribution in [3.8, 4) is 0 Å². The third-order valence-electron chi connectivity index (χ3n) is 4.92. The minimum atomic E-state index is -0.350. The molecule has 2 aliphatic rings. The number of morpholine rings is 1. The lowest BCUT2D eigenvalue weighted by Crippen LogP contribution is -2.56. The number of ether oxygens (including phenoxy) is 1. The van der Waals surface area contributed by atoms with E-state index in [2.05, 4.69) is 4.90 Å². The summed E-state index contributed by atoms with van der Waals surface area (Å²) in [5.74, 6) is -0.315. The molecule has 1 unspecified atom stereocenters. The van der Waals surface area contributed by atoms with Crippen LogP contribution in [0.2, 0.25) is 0 Å². The second-order valence-electron chi connectivity index (χ2n) is 6.45. The molecule has 0 spiro atoms. The van der Waals surface area contributed by atoms with Gasteiger partial charge < -0.3 is 14.5 Å². The molecule has 136 valence electrons. The number of hydrogen-bond donors (Lipinski definition) is 0. The minimum Gasteiger partial charge on any atom is -0.378 e. The molecule has 0 bridgehead atoms. The van der Waals surface area contributed by atoms with Crippen molar-refractivity contribution in [1.82, 2.24) is 14.7 Å². The van der Waals surface area contributed by atoms with E-state index >= 15 is 0 Å². The molecule has 2 aliphatic heterocycles. The van der Waals surface area contributed by atoms with Crippen molar-refractivity contribution in [3.63, 3.8) is 0 Å². The Bertz CT molecular complexity index is 608. The van der Waals surface area contributed by atoms with Crippen molar-refractivity contribution < 1.29 is 18.7 Å². The summed E-state index contributed by atoms with van der Waals surface area (Å²) in [4.78, 5) is 30.8. The monoisotopic (exact) mass is 349 g/mol. The summed E-state index contributed by atoms with van der Waals surface area (Å²) in [6.07, 6.45) is 0. The van der Waals surface area contributed by atoms with Crippen molar-refractivity contribution in [1.29, 1.82) is 0 Å². The first-order valence-corrected chi connectivity index (χ1v) is 8.71. The first kappa shape index (κ1) is 17.8. The Labute approximate surface area is 147 Å². The van der Waals surface area contributed by atoms with Gasteiger partial charge in [-0.15, -0.1) is 0 Å². The Balaban J connectivity index is 1.53. The van der Waals surface area contributed by atoms with E-state index in [0.29, 0.717) is 58.0 Å². The van der Waals surface area contributed by atoms with E-state index in [0.717, 1.165) is 0 Å². The van der Waals surface area contributed by atoms with Crippen LogP contribution in [0.4, 0.5) is 4.39 Å². The maximum atomic E-state index is 13.0. The summed E-state index contributed by atoms with van der Waals surface area (Å²) >= 11 is 0. The van der Waals surface area contributed by atoms with Gasteiger partial charge in [-0.25, -0.2) is 4.39 Å². The first-order valence-electron chi connectivity index (χ1n) is 8.71. The second kappa shape index (κ2) is 7.93. The molecule has 1 aromatic rings. The van der Waals surface area contributed by atoms with Gasteiger partial charge in [0.15, 0.2) is 0 Å². The lowest BCUT2D eigenvalue weighted by atomic mass is 10.1. The molecule has 0 N–H and O–H groups in total. The number of benzene rings is 1. The predicted octanol–water partition coefficient (Wildman–Crippen LogP) is 0.831. The number of rotatable bonds is 3. The highest BCUT2D eigenvalue weighted by Gasteiger charge is 2.30. The van der Waals surface area contributed by atoms with E-state index in [1.807, 2.05) is 11.8 Å². The van der Waals surface area contributed by atoms with Crippen molar-refractivity contribution in [2.24, 2.45) is 0 Å². The number of carbonyl (C=O) groups excluding carboxylic acids is 2. The highest BCUT2D eigenvalue weighted by atomic mass is 19.1. The molecule has 0 aromatic heterocycles. The highest BCUT2D eigenvalue weighted by Crippen LogP contribution is 2.13. The van der Waals surface area contributed by atoms with Crippen molar-refractivity contribution in [2.45, 2.75) is 13.0 Å². The van der Waals surface area contributed by atoms with Gasteiger partial charge in [0.25, 0.3) is 5.91 Å². The molecule has 2 heterocycles. The molecule has 2 saturated heterocycles. The molecular formula is C18H24FN3O3. The molecule has 1 atom stereocenters. The summed E-state index contributed by atoms with van der Waals surface area (Å²) in [5.41, 5.74) is 0.493. The zero-order valence-electron chi connectivity index (χ0n) is 14.5. The Morgan fingerprint density at radius 1 is 0.960 bits per heavy atom. The van der Waals surface area contributed by atoms with Gasteiger partial charge in [0.2, 0.25) is 5.91 Å². The van der Waals surface area contributed by atoms with Crippen LogP contribution in [-0.4, -0.2) is 85.0 Å². The average Bonchev–Trinajstić information content (AvgIpc) is 2.67. The zero-order valence-corrected chi connectivity index (χ0v) is 14.5.